The van der Waals surface area contributed by atoms with Crippen LogP contribution in [-0.4, -0.2) is 72.9 Å². The summed E-state index contributed by atoms with van der Waals surface area (Å²) < 4.78 is 34.6. The highest BCUT2D eigenvalue weighted by atomic mass is 32.2. The van der Waals surface area contributed by atoms with E-state index < -0.39 is 15.6 Å². The molecule has 2 aromatic rings. The van der Waals surface area contributed by atoms with E-state index in [4.69, 9.17) is 9.47 Å². The van der Waals surface area contributed by atoms with E-state index in [0.29, 0.717) is 24.8 Å². The van der Waals surface area contributed by atoms with Crippen molar-refractivity contribution in [3.8, 4) is 11.6 Å². The average molecular weight is 444 g/mol. The molecule has 3 aliphatic heterocycles. The number of fused-ring (bicyclic) bond motifs is 3. The van der Waals surface area contributed by atoms with Gasteiger partial charge in [-0.25, -0.2) is 13.4 Å². The largest absolute Gasteiger partial charge is 0.484 e. The van der Waals surface area contributed by atoms with Gasteiger partial charge in [-0.15, -0.1) is 0 Å². The van der Waals surface area contributed by atoms with Gasteiger partial charge >= 0.3 is 0 Å². The first-order valence-electron chi connectivity index (χ1n) is 10.4. The van der Waals surface area contributed by atoms with Crippen molar-refractivity contribution in [2.75, 3.05) is 31.7 Å². The van der Waals surface area contributed by atoms with Crippen LogP contribution in [0.4, 0.5) is 0 Å². The van der Waals surface area contributed by atoms with E-state index in [1.54, 1.807) is 11.1 Å². The van der Waals surface area contributed by atoms with Crippen molar-refractivity contribution in [2.45, 2.75) is 31.2 Å². The molecule has 0 radical (unpaired) electrons. The molecule has 0 spiro atoms. The Bertz CT molecular complexity index is 1090. The second-order valence-corrected chi connectivity index (χ2v) is 10.7. The molecule has 4 heterocycles. The van der Waals surface area contributed by atoms with Crippen LogP contribution in [0.1, 0.15) is 23.7 Å². The molecule has 2 saturated heterocycles. The van der Waals surface area contributed by atoms with Gasteiger partial charge in [-0.3, -0.25) is 9.69 Å². The molecule has 2 fully saturated rings. The van der Waals surface area contributed by atoms with Crippen LogP contribution >= 0.6 is 0 Å². The number of ether oxygens (including phenoxy) is 2. The minimum absolute atomic E-state index is 0.110. The van der Waals surface area contributed by atoms with Gasteiger partial charge in [0.25, 0.3) is 5.88 Å². The molecule has 1 aromatic carbocycles. The first kappa shape index (κ1) is 20.3. The zero-order valence-electron chi connectivity index (χ0n) is 17.3. The van der Waals surface area contributed by atoms with Gasteiger partial charge < -0.3 is 14.4 Å². The minimum Gasteiger partial charge on any atom is -0.484 e. The summed E-state index contributed by atoms with van der Waals surface area (Å²) in [5.41, 5.74) is 2.24. The lowest BCUT2D eigenvalue weighted by Gasteiger charge is -2.34. The highest BCUT2D eigenvalue weighted by molar-refractivity contribution is 7.91. The normalized spacial score (nSPS) is 25.1. The molecule has 3 aliphatic rings. The molecule has 1 amide bonds. The number of likely N-dealkylation sites (tertiary alicyclic amines) is 2. The smallest absolute Gasteiger partial charge is 0.257 e. The summed E-state index contributed by atoms with van der Waals surface area (Å²) in [4.78, 5) is 20.6. The zero-order chi connectivity index (χ0) is 21.6. The van der Waals surface area contributed by atoms with Gasteiger partial charge in [0.2, 0.25) is 5.91 Å². The van der Waals surface area contributed by atoms with Gasteiger partial charge in [0.15, 0.2) is 21.7 Å². The summed E-state index contributed by atoms with van der Waals surface area (Å²) in [5.74, 6) is 0.518. The summed E-state index contributed by atoms with van der Waals surface area (Å²) in [7, 11) is -3.30. The second-order valence-electron chi connectivity index (χ2n) is 8.55. The minimum atomic E-state index is -3.30. The molecule has 0 N–H and O–H groups in total. The third-order valence-electron chi connectivity index (χ3n) is 6.18. The van der Waals surface area contributed by atoms with E-state index in [1.807, 2.05) is 12.1 Å². The number of sulfone groups is 1. The van der Waals surface area contributed by atoms with E-state index in [2.05, 4.69) is 34.1 Å². The SMILES string of the molecule is CS(=O)(=O)CC(=O)N1C[C@@H]2C[C@H]1CN2Cc1ccc(C2COc3cccnc3O2)cc1. The van der Waals surface area contributed by atoms with E-state index >= 15 is 0 Å². The standard InChI is InChI=1S/C22H25N3O5S/c1-31(27,28)14-21(26)25-12-17-9-18(25)11-24(17)10-15-4-6-16(7-5-15)20-13-29-19-3-2-8-23-22(19)30-20/h2-8,17-18,20H,9-14H2,1H3/t17-,18-,20?/m0/s1. The quantitative estimate of drug-likeness (QED) is 0.691. The fourth-order valence-electron chi connectivity index (χ4n) is 4.70. The van der Waals surface area contributed by atoms with Crippen molar-refractivity contribution >= 4 is 15.7 Å². The first-order valence-corrected chi connectivity index (χ1v) is 12.5. The molecule has 8 nitrogen and oxygen atoms in total. The third-order valence-corrected chi connectivity index (χ3v) is 6.95. The number of carbonyl (C=O) groups excluding carboxylic acids is 1. The molecular formula is C22H25N3O5S. The Morgan fingerprint density at radius 3 is 2.68 bits per heavy atom. The monoisotopic (exact) mass is 443 g/mol. The van der Waals surface area contributed by atoms with E-state index in [9.17, 15) is 13.2 Å². The maximum atomic E-state index is 12.3. The Morgan fingerprint density at radius 2 is 1.97 bits per heavy atom. The predicted molar refractivity (Wildman–Crippen MR) is 114 cm³/mol. The molecule has 5 rings (SSSR count). The Morgan fingerprint density at radius 1 is 1.16 bits per heavy atom. The maximum absolute atomic E-state index is 12.3. The van der Waals surface area contributed by atoms with Gasteiger partial charge in [-0.2, -0.15) is 0 Å². The zero-order valence-corrected chi connectivity index (χ0v) is 18.1. The van der Waals surface area contributed by atoms with Crippen molar-refractivity contribution in [1.82, 2.24) is 14.8 Å². The molecule has 2 bridgehead atoms. The van der Waals surface area contributed by atoms with E-state index in [0.717, 1.165) is 31.3 Å². The number of pyridine rings is 1. The average Bonchev–Trinajstić information content (AvgIpc) is 3.33. The molecular weight excluding hydrogens is 418 g/mol. The highest BCUT2D eigenvalue weighted by Crippen LogP contribution is 2.35. The van der Waals surface area contributed by atoms with Crippen molar-refractivity contribution in [3.05, 3.63) is 53.7 Å². The van der Waals surface area contributed by atoms with Crippen LogP contribution < -0.4 is 9.47 Å². The van der Waals surface area contributed by atoms with Crippen LogP contribution in [0.25, 0.3) is 0 Å². The Hall–Kier alpha value is -2.65. The van der Waals surface area contributed by atoms with Crippen LogP contribution in [0.15, 0.2) is 42.6 Å². The van der Waals surface area contributed by atoms with Crippen LogP contribution in [0, 0.1) is 0 Å². The topological polar surface area (TPSA) is 89.0 Å². The predicted octanol–water partition coefficient (Wildman–Crippen LogP) is 1.42. The van der Waals surface area contributed by atoms with E-state index in [1.165, 1.54) is 5.56 Å². The Balaban J connectivity index is 1.18. The van der Waals surface area contributed by atoms with Crippen molar-refractivity contribution in [2.24, 2.45) is 0 Å². The summed E-state index contributed by atoms with van der Waals surface area (Å²) in [6.07, 6.45) is 3.52. The number of carbonyl (C=O) groups is 1. The lowest BCUT2D eigenvalue weighted by Crippen LogP contribution is -2.49. The fraction of sp³-hybridized carbons (Fsp3) is 0.455. The summed E-state index contributed by atoms with van der Waals surface area (Å²) in [6, 6.07) is 12.4. The Kier molecular flexibility index (Phi) is 5.10. The van der Waals surface area contributed by atoms with Crippen molar-refractivity contribution < 1.29 is 22.7 Å². The van der Waals surface area contributed by atoms with Crippen molar-refractivity contribution in [1.29, 1.82) is 0 Å². The fourth-order valence-corrected chi connectivity index (χ4v) is 5.32. The highest BCUT2D eigenvalue weighted by Gasteiger charge is 2.45. The molecule has 1 aromatic heterocycles. The van der Waals surface area contributed by atoms with Gasteiger partial charge in [-0.1, -0.05) is 24.3 Å². The van der Waals surface area contributed by atoms with Crippen LogP contribution in [0.5, 0.6) is 11.6 Å². The number of benzene rings is 1. The third kappa shape index (κ3) is 4.24. The molecule has 31 heavy (non-hydrogen) atoms. The van der Waals surface area contributed by atoms with Gasteiger partial charge in [0.1, 0.15) is 12.4 Å². The number of nitrogens with zero attached hydrogens (tertiary/aromatic N) is 3. The molecule has 0 aliphatic carbocycles. The van der Waals surface area contributed by atoms with Gasteiger partial charge in [0, 0.05) is 44.2 Å². The van der Waals surface area contributed by atoms with Gasteiger partial charge in [-0.05, 0) is 29.7 Å². The summed E-state index contributed by atoms with van der Waals surface area (Å²) in [5, 5.41) is 0. The lowest BCUT2D eigenvalue weighted by molar-refractivity contribution is -0.130. The first-order chi connectivity index (χ1) is 14.9. The number of piperazine rings is 1. The van der Waals surface area contributed by atoms with E-state index in [-0.39, 0.29) is 24.1 Å². The van der Waals surface area contributed by atoms with Gasteiger partial charge in [0.05, 0.1) is 0 Å². The number of hydrogen-bond donors (Lipinski definition) is 0. The maximum Gasteiger partial charge on any atom is 0.257 e. The molecule has 0 saturated carbocycles. The van der Waals surface area contributed by atoms with Crippen molar-refractivity contribution in [3.63, 3.8) is 0 Å². The summed E-state index contributed by atoms with van der Waals surface area (Å²) in [6.45, 7) is 2.65. The number of hydrogen-bond acceptors (Lipinski definition) is 7. The van der Waals surface area contributed by atoms with Crippen LogP contribution in [0.2, 0.25) is 0 Å². The number of aromatic nitrogens is 1. The number of rotatable bonds is 5. The van der Waals surface area contributed by atoms with Crippen LogP contribution in [0.3, 0.4) is 0 Å². The Labute approximate surface area is 181 Å². The molecule has 1 unspecified atom stereocenters. The summed E-state index contributed by atoms with van der Waals surface area (Å²) >= 11 is 0. The lowest BCUT2D eigenvalue weighted by atomic mass is 10.1. The van der Waals surface area contributed by atoms with Crippen LogP contribution in [-0.2, 0) is 21.2 Å². The molecule has 164 valence electrons. The molecule has 9 heteroatoms. The second kappa shape index (κ2) is 7.80. The number of amides is 1. The molecule has 3 atom stereocenters.